The molecular weight excluding hydrogens is 281 g/mol. The van der Waals surface area contributed by atoms with E-state index >= 15 is 0 Å². The fourth-order valence-corrected chi connectivity index (χ4v) is 2.35. The molecule has 0 bridgehead atoms. The van der Waals surface area contributed by atoms with E-state index in [9.17, 15) is 13.2 Å². The Kier molecular flexibility index (Phi) is 7.14. The lowest BCUT2D eigenvalue weighted by molar-refractivity contribution is 0.0886. The number of hydrogen-bond donors (Lipinski definition) is 1. The molecule has 6 heteroatoms. The van der Waals surface area contributed by atoms with Gasteiger partial charge in [0.25, 0.3) is 0 Å². The van der Waals surface area contributed by atoms with Crippen LogP contribution in [0.1, 0.15) is 31.9 Å². The van der Waals surface area contributed by atoms with Crippen LogP contribution in [0.3, 0.4) is 0 Å². The molecule has 0 aliphatic rings. The highest BCUT2D eigenvalue weighted by Gasteiger charge is 2.26. The van der Waals surface area contributed by atoms with Crippen molar-refractivity contribution in [3.05, 3.63) is 35.1 Å². The second-order valence-electron chi connectivity index (χ2n) is 5.03. The minimum atomic E-state index is -1.20. The van der Waals surface area contributed by atoms with E-state index in [1.807, 2.05) is 18.7 Å². The van der Waals surface area contributed by atoms with Crippen molar-refractivity contribution in [3.63, 3.8) is 0 Å². The molecule has 0 amide bonds. The van der Waals surface area contributed by atoms with E-state index in [4.69, 9.17) is 10.5 Å². The largest absolute Gasteiger partial charge is 0.383 e. The molecule has 0 saturated heterocycles. The summed E-state index contributed by atoms with van der Waals surface area (Å²) >= 11 is 0. The molecule has 21 heavy (non-hydrogen) atoms. The number of benzene rings is 1. The van der Waals surface area contributed by atoms with Gasteiger partial charge in [-0.25, -0.2) is 13.2 Å². The first-order valence-electron chi connectivity index (χ1n) is 7.05. The third-order valence-corrected chi connectivity index (χ3v) is 3.73. The molecule has 0 spiro atoms. The predicted molar refractivity (Wildman–Crippen MR) is 76.4 cm³/mol. The lowest BCUT2D eigenvalue weighted by atomic mass is 10.0. The van der Waals surface area contributed by atoms with Crippen LogP contribution in [0.4, 0.5) is 13.2 Å². The smallest absolute Gasteiger partial charge is 0.161 e. The van der Waals surface area contributed by atoms with Gasteiger partial charge in [-0.15, -0.1) is 0 Å². The van der Waals surface area contributed by atoms with Gasteiger partial charge in [-0.1, -0.05) is 6.92 Å². The summed E-state index contributed by atoms with van der Waals surface area (Å²) in [5.41, 5.74) is 5.84. The highest BCUT2D eigenvalue weighted by Crippen LogP contribution is 2.27. The van der Waals surface area contributed by atoms with Gasteiger partial charge in [-0.05, 0) is 19.4 Å². The summed E-state index contributed by atoms with van der Waals surface area (Å²) in [4.78, 5) is 1.96. The van der Waals surface area contributed by atoms with E-state index in [0.29, 0.717) is 19.2 Å². The van der Waals surface area contributed by atoms with Crippen LogP contribution < -0.4 is 5.73 Å². The highest BCUT2D eigenvalue weighted by atomic mass is 19.2. The first-order valence-corrected chi connectivity index (χ1v) is 7.05. The summed E-state index contributed by atoms with van der Waals surface area (Å²) < 4.78 is 45.6. The number of nitrogens with zero attached hydrogens (tertiary/aromatic N) is 1. The molecule has 2 N–H and O–H groups in total. The Bertz CT molecular complexity index is 457. The Morgan fingerprint density at radius 1 is 1.19 bits per heavy atom. The van der Waals surface area contributed by atoms with E-state index in [0.717, 1.165) is 12.5 Å². The predicted octanol–water partition coefficient (Wildman–Crippen LogP) is 2.85. The SMILES string of the molecule is CCC(C)N(CCOC)C(CN)c1cc(F)c(F)cc1F. The quantitative estimate of drug-likeness (QED) is 0.751. The first-order chi connectivity index (χ1) is 9.96. The van der Waals surface area contributed by atoms with Crippen LogP contribution in [-0.4, -0.2) is 37.7 Å². The fraction of sp³-hybridized carbons (Fsp3) is 0.600. The molecule has 120 valence electrons. The van der Waals surface area contributed by atoms with Gasteiger partial charge >= 0.3 is 0 Å². The number of ether oxygens (including phenoxy) is 1. The molecule has 0 aliphatic heterocycles. The average Bonchev–Trinajstić information content (AvgIpc) is 2.47. The van der Waals surface area contributed by atoms with Crippen molar-refractivity contribution in [2.75, 3.05) is 26.8 Å². The summed E-state index contributed by atoms with van der Waals surface area (Å²) in [6, 6.07) is 1.05. The molecule has 3 nitrogen and oxygen atoms in total. The summed E-state index contributed by atoms with van der Waals surface area (Å²) in [5.74, 6) is -3.05. The summed E-state index contributed by atoms with van der Waals surface area (Å²) in [5, 5.41) is 0. The molecule has 0 aliphatic carbocycles. The zero-order chi connectivity index (χ0) is 16.0. The molecule has 0 radical (unpaired) electrons. The number of methoxy groups -OCH3 is 1. The van der Waals surface area contributed by atoms with Gasteiger partial charge in [0, 0.05) is 37.9 Å². The van der Waals surface area contributed by atoms with Crippen LogP contribution in [0.5, 0.6) is 0 Å². The maximum Gasteiger partial charge on any atom is 0.161 e. The van der Waals surface area contributed by atoms with Gasteiger partial charge in [-0.3, -0.25) is 4.90 Å². The van der Waals surface area contributed by atoms with Crippen molar-refractivity contribution in [1.82, 2.24) is 4.90 Å². The number of hydrogen-bond acceptors (Lipinski definition) is 3. The van der Waals surface area contributed by atoms with Crippen molar-refractivity contribution in [2.45, 2.75) is 32.4 Å². The van der Waals surface area contributed by atoms with Crippen molar-refractivity contribution in [3.8, 4) is 0 Å². The Morgan fingerprint density at radius 2 is 1.81 bits per heavy atom. The van der Waals surface area contributed by atoms with Crippen LogP contribution in [0.15, 0.2) is 12.1 Å². The van der Waals surface area contributed by atoms with Gasteiger partial charge in [-0.2, -0.15) is 0 Å². The molecule has 0 aromatic heterocycles. The van der Waals surface area contributed by atoms with Gasteiger partial charge in [0.15, 0.2) is 11.6 Å². The van der Waals surface area contributed by atoms with Crippen LogP contribution in [0.25, 0.3) is 0 Å². The third kappa shape index (κ3) is 4.43. The molecular formula is C15H23F3N2O. The maximum absolute atomic E-state index is 14.0. The second-order valence-corrected chi connectivity index (χ2v) is 5.03. The van der Waals surface area contributed by atoms with Crippen LogP contribution in [0.2, 0.25) is 0 Å². The Labute approximate surface area is 123 Å². The number of rotatable bonds is 8. The molecule has 0 saturated carbocycles. The number of halogens is 3. The molecule has 1 rings (SSSR count). The minimum Gasteiger partial charge on any atom is -0.383 e. The molecule has 2 unspecified atom stereocenters. The fourth-order valence-electron chi connectivity index (χ4n) is 2.35. The molecule has 2 atom stereocenters. The molecule has 0 heterocycles. The zero-order valence-electron chi connectivity index (χ0n) is 12.7. The Balaban J connectivity index is 3.15. The van der Waals surface area contributed by atoms with E-state index in [1.54, 1.807) is 7.11 Å². The topological polar surface area (TPSA) is 38.5 Å². The Morgan fingerprint density at radius 3 is 2.33 bits per heavy atom. The van der Waals surface area contributed by atoms with E-state index in [-0.39, 0.29) is 18.2 Å². The normalized spacial score (nSPS) is 14.5. The van der Waals surface area contributed by atoms with Gasteiger partial charge in [0.05, 0.1) is 12.6 Å². The molecule has 0 fully saturated rings. The van der Waals surface area contributed by atoms with Crippen molar-refractivity contribution < 1.29 is 17.9 Å². The average molecular weight is 304 g/mol. The highest BCUT2D eigenvalue weighted by molar-refractivity contribution is 5.24. The lowest BCUT2D eigenvalue weighted by Gasteiger charge is -2.36. The molecule has 1 aromatic carbocycles. The third-order valence-electron chi connectivity index (χ3n) is 3.73. The second kappa shape index (κ2) is 8.36. The Hall–Kier alpha value is -1.11. The van der Waals surface area contributed by atoms with Gasteiger partial charge < -0.3 is 10.5 Å². The van der Waals surface area contributed by atoms with Gasteiger partial charge in [0.1, 0.15) is 5.82 Å². The summed E-state index contributed by atoms with van der Waals surface area (Å²) in [6.45, 7) is 5.07. The minimum absolute atomic E-state index is 0.0767. The van der Waals surface area contributed by atoms with Gasteiger partial charge in [0.2, 0.25) is 0 Å². The maximum atomic E-state index is 14.0. The first kappa shape index (κ1) is 17.9. The van der Waals surface area contributed by atoms with E-state index in [2.05, 4.69) is 0 Å². The van der Waals surface area contributed by atoms with Crippen molar-refractivity contribution in [2.24, 2.45) is 5.73 Å². The van der Waals surface area contributed by atoms with Crippen molar-refractivity contribution in [1.29, 1.82) is 0 Å². The summed E-state index contributed by atoms with van der Waals surface area (Å²) in [6.07, 6.45) is 0.825. The standard InChI is InChI=1S/C15H23F3N2O/c1-4-10(2)20(5-6-21-3)15(9-19)11-7-13(17)14(18)8-12(11)16/h7-8,10,15H,4-6,9,19H2,1-3H3. The monoisotopic (exact) mass is 304 g/mol. The van der Waals surface area contributed by atoms with Crippen LogP contribution >= 0.6 is 0 Å². The van der Waals surface area contributed by atoms with E-state index < -0.39 is 23.5 Å². The molecule has 1 aromatic rings. The summed E-state index contributed by atoms with van der Waals surface area (Å²) in [7, 11) is 1.57. The number of nitrogens with two attached hydrogens (primary N) is 1. The van der Waals surface area contributed by atoms with Crippen LogP contribution in [-0.2, 0) is 4.74 Å². The van der Waals surface area contributed by atoms with Crippen molar-refractivity contribution >= 4 is 0 Å². The lowest BCUT2D eigenvalue weighted by Crippen LogP contribution is -2.42. The van der Waals surface area contributed by atoms with E-state index in [1.165, 1.54) is 0 Å². The van der Waals surface area contributed by atoms with Crippen LogP contribution in [0, 0.1) is 17.5 Å². The zero-order valence-corrected chi connectivity index (χ0v) is 12.7.